The second-order valence-corrected chi connectivity index (χ2v) is 4.32. The normalized spacial score (nSPS) is 10.4. The van der Waals surface area contributed by atoms with Gasteiger partial charge in [-0.25, -0.2) is 0 Å². The number of hydrogen-bond donors (Lipinski definition) is 0. The summed E-state index contributed by atoms with van der Waals surface area (Å²) in [4.78, 5) is 14.1. The lowest BCUT2D eigenvalue weighted by molar-refractivity contribution is -0.386. The molecule has 0 saturated carbocycles. The van der Waals surface area contributed by atoms with Crippen molar-refractivity contribution >= 4 is 5.69 Å². The van der Waals surface area contributed by atoms with E-state index in [4.69, 9.17) is 9.47 Å². The Kier molecular flexibility index (Phi) is 5.35. The summed E-state index contributed by atoms with van der Waals surface area (Å²) in [6.07, 6.45) is 2.00. The van der Waals surface area contributed by atoms with Crippen LogP contribution in [-0.2, 0) is 0 Å². The van der Waals surface area contributed by atoms with Crippen LogP contribution in [0.2, 0.25) is 0 Å². The van der Waals surface area contributed by atoms with E-state index in [0.29, 0.717) is 18.4 Å². The Balaban J connectivity index is 2.60. The Morgan fingerprint density at radius 2 is 2.17 bits per heavy atom. The molecule has 18 heavy (non-hydrogen) atoms. The van der Waals surface area contributed by atoms with Crippen LogP contribution in [0.25, 0.3) is 0 Å². The largest absolute Gasteiger partial charge is 0.478 e. The minimum Gasteiger partial charge on any atom is -0.478 e. The first kappa shape index (κ1) is 14.2. The summed E-state index contributed by atoms with van der Waals surface area (Å²) in [5, 5.41) is 10.7. The third-order valence-electron chi connectivity index (χ3n) is 2.38. The standard InChI is InChI=1S/C12H18N2O4/c1-9(2)5-4-8-18-11-7-6-10(14(15)16)12(13-11)17-3/h6-7,9H,4-5,8H2,1-3H3. The summed E-state index contributed by atoms with van der Waals surface area (Å²) in [5.74, 6) is 0.954. The molecule has 0 unspecified atom stereocenters. The molecule has 6 heteroatoms. The molecule has 0 bridgehead atoms. The number of methoxy groups -OCH3 is 1. The molecule has 0 aliphatic carbocycles. The fourth-order valence-electron chi connectivity index (χ4n) is 1.45. The molecule has 0 radical (unpaired) electrons. The predicted molar refractivity (Wildman–Crippen MR) is 67.0 cm³/mol. The van der Waals surface area contributed by atoms with E-state index in [1.54, 1.807) is 0 Å². The molecular formula is C12H18N2O4. The van der Waals surface area contributed by atoms with Crippen LogP contribution >= 0.6 is 0 Å². The van der Waals surface area contributed by atoms with Crippen molar-refractivity contribution in [1.29, 1.82) is 0 Å². The van der Waals surface area contributed by atoms with Crippen LogP contribution in [0.1, 0.15) is 26.7 Å². The van der Waals surface area contributed by atoms with Crippen LogP contribution in [0.3, 0.4) is 0 Å². The lowest BCUT2D eigenvalue weighted by Gasteiger charge is -2.08. The number of pyridine rings is 1. The molecule has 1 aromatic heterocycles. The molecular weight excluding hydrogens is 236 g/mol. The average molecular weight is 254 g/mol. The summed E-state index contributed by atoms with van der Waals surface area (Å²) in [5.41, 5.74) is -0.160. The Labute approximate surface area is 106 Å². The zero-order chi connectivity index (χ0) is 13.5. The fraction of sp³-hybridized carbons (Fsp3) is 0.583. The number of ether oxygens (including phenoxy) is 2. The fourth-order valence-corrected chi connectivity index (χ4v) is 1.45. The first-order valence-corrected chi connectivity index (χ1v) is 5.86. The Hall–Kier alpha value is -1.85. The topological polar surface area (TPSA) is 74.5 Å². The molecule has 0 saturated heterocycles. The molecule has 0 aliphatic rings. The quantitative estimate of drug-likeness (QED) is 0.425. The van der Waals surface area contributed by atoms with Gasteiger partial charge < -0.3 is 9.47 Å². The van der Waals surface area contributed by atoms with E-state index < -0.39 is 4.92 Å². The molecule has 0 fully saturated rings. The maximum atomic E-state index is 10.7. The first-order chi connectivity index (χ1) is 8.54. The molecule has 1 rings (SSSR count). The van der Waals surface area contributed by atoms with Crippen molar-refractivity contribution < 1.29 is 14.4 Å². The molecule has 1 aromatic rings. The maximum Gasteiger partial charge on any atom is 0.331 e. The number of nitro groups is 1. The smallest absolute Gasteiger partial charge is 0.331 e. The van der Waals surface area contributed by atoms with Gasteiger partial charge in [-0.2, -0.15) is 4.98 Å². The van der Waals surface area contributed by atoms with Gasteiger partial charge in [-0.3, -0.25) is 10.1 Å². The second-order valence-electron chi connectivity index (χ2n) is 4.32. The molecule has 0 spiro atoms. The molecule has 0 aliphatic heterocycles. The first-order valence-electron chi connectivity index (χ1n) is 5.86. The summed E-state index contributed by atoms with van der Waals surface area (Å²) in [6.45, 7) is 4.84. The van der Waals surface area contributed by atoms with Gasteiger partial charge in [0.1, 0.15) is 0 Å². The van der Waals surface area contributed by atoms with Crippen LogP contribution < -0.4 is 9.47 Å². The van der Waals surface area contributed by atoms with E-state index in [1.807, 2.05) is 0 Å². The van der Waals surface area contributed by atoms with Crippen molar-refractivity contribution in [3.05, 3.63) is 22.2 Å². The van der Waals surface area contributed by atoms with E-state index in [1.165, 1.54) is 19.2 Å². The van der Waals surface area contributed by atoms with Crippen molar-refractivity contribution in [1.82, 2.24) is 4.98 Å². The van der Waals surface area contributed by atoms with E-state index in [0.717, 1.165) is 12.8 Å². The minimum absolute atomic E-state index is 0.0265. The van der Waals surface area contributed by atoms with Gasteiger partial charge >= 0.3 is 5.69 Å². The van der Waals surface area contributed by atoms with E-state index in [-0.39, 0.29) is 11.6 Å². The molecule has 0 atom stereocenters. The van der Waals surface area contributed by atoms with Gasteiger partial charge in [0.05, 0.1) is 18.6 Å². The number of rotatable bonds is 7. The molecule has 0 aromatic carbocycles. The zero-order valence-electron chi connectivity index (χ0n) is 10.9. The molecule has 0 N–H and O–H groups in total. The Morgan fingerprint density at radius 3 is 2.72 bits per heavy atom. The van der Waals surface area contributed by atoms with Crippen molar-refractivity contribution in [3.63, 3.8) is 0 Å². The Bertz CT molecular complexity index is 407. The van der Waals surface area contributed by atoms with Gasteiger partial charge in [0, 0.05) is 12.1 Å². The van der Waals surface area contributed by atoms with Crippen molar-refractivity contribution in [2.75, 3.05) is 13.7 Å². The summed E-state index contributed by atoms with van der Waals surface area (Å²) in [7, 11) is 1.35. The summed E-state index contributed by atoms with van der Waals surface area (Å²) in [6, 6.07) is 2.82. The van der Waals surface area contributed by atoms with Gasteiger partial charge in [-0.15, -0.1) is 0 Å². The van der Waals surface area contributed by atoms with E-state index >= 15 is 0 Å². The lowest BCUT2D eigenvalue weighted by Crippen LogP contribution is -2.03. The highest BCUT2D eigenvalue weighted by atomic mass is 16.6. The lowest BCUT2D eigenvalue weighted by atomic mass is 10.1. The van der Waals surface area contributed by atoms with Gasteiger partial charge in [0.2, 0.25) is 5.88 Å². The highest BCUT2D eigenvalue weighted by molar-refractivity contribution is 5.42. The summed E-state index contributed by atoms with van der Waals surface area (Å²) < 4.78 is 10.3. The number of aromatic nitrogens is 1. The molecule has 6 nitrogen and oxygen atoms in total. The Morgan fingerprint density at radius 1 is 1.44 bits per heavy atom. The number of nitrogens with zero attached hydrogens (tertiary/aromatic N) is 2. The van der Waals surface area contributed by atoms with Gasteiger partial charge in [0.15, 0.2) is 0 Å². The van der Waals surface area contributed by atoms with Gasteiger partial charge in [-0.05, 0) is 18.8 Å². The molecule has 100 valence electrons. The van der Waals surface area contributed by atoms with Crippen LogP contribution in [0.5, 0.6) is 11.8 Å². The van der Waals surface area contributed by atoms with E-state index in [9.17, 15) is 10.1 Å². The highest BCUT2D eigenvalue weighted by Gasteiger charge is 2.16. The van der Waals surface area contributed by atoms with Crippen LogP contribution in [0.15, 0.2) is 12.1 Å². The maximum absolute atomic E-state index is 10.7. The van der Waals surface area contributed by atoms with Crippen LogP contribution in [-0.4, -0.2) is 23.6 Å². The average Bonchev–Trinajstić information content (AvgIpc) is 2.33. The van der Waals surface area contributed by atoms with E-state index in [2.05, 4.69) is 18.8 Å². The van der Waals surface area contributed by atoms with Crippen LogP contribution in [0.4, 0.5) is 5.69 Å². The monoisotopic (exact) mass is 254 g/mol. The predicted octanol–water partition coefficient (Wildman–Crippen LogP) is 2.81. The molecule has 0 amide bonds. The second kappa shape index (κ2) is 6.78. The molecule has 1 heterocycles. The third kappa shape index (κ3) is 4.20. The van der Waals surface area contributed by atoms with Crippen molar-refractivity contribution in [3.8, 4) is 11.8 Å². The third-order valence-corrected chi connectivity index (χ3v) is 2.38. The van der Waals surface area contributed by atoms with Crippen molar-refractivity contribution in [2.24, 2.45) is 5.92 Å². The van der Waals surface area contributed by atoms with Gasteiger partial charge in [0.25, 0.3) is 5.88 Å². The zero-order valence-corrected chi connectivity index (χ0v) is 10.9. The SMILES string of the molecule is COc1nc(OCCCC(C)C)ccc1[N+](=O)[O-]. The number of hydrogen-bond acceptors (Lipinski definition) is 5. The summed E-state index contributed by atoms with van der Waals surface area (Å²) >= 11 is 0. The van der Waals surface area contributed by atoms with Crippen LogP contribution in [0, 0.1) is 16.0 Å². The minimum atomic E-state index is -0.533. The highest BCUT2D eigenvalue weighted by Crippen LogP contribution is 2.26. The van der Waals surface area contributed by atoms with Gasteiger partial charge in [-0.1, -0.05) is 13.8 Å². The van der Waals surface area contributed by atoms with Crippen molar-refractivity contribution in [2.45, 2.75) is 26.7 Å².